The van der Waals surface area contributed by atoms with Crippen molar-refractivity contribution in [1.82, 2.24) is 9.55 Å². The summed E-state index contributed by atoms with van der Waals surface area (Å²) in [6.07, 6.45) is 0. The molecule has 0 bridgehead atoms. The fourth-order valence-corrected chi connectivity index (χ4v) is 3.85. The molecule has 0 atom stereocenters. The first kappa shape index (κ1) is 24.7. The Bertz CT molecular complexity index is 1510. The highest BCUT2D eigenvalue weighted by Crippen LogP contribution is 2.27. The van der Waals surface area contributed by atoms with Crippen LogP contribution in [0.1, 0.15) is 19.4 Å². The van der Waals surface area contributed by atoms with Crippen LogP contribution in [0.25, 0.3) is 22.3 Å². The van der Waals surface area contributed by atoms with Crippen molar-refractivity contribution in [3.05, 3.63) is 82.6 Å². The van der Waals surface area contributed by atoms with Gasteiger partial charge < -0.3 is 15.4 Å². The van der Waals surface area contributed by atoms with Crippen molar-refractivity contribution >= 4 is 34.2 Å². The number of anilines is 2. The zero-order valence-electron chi connectivity index (χ0n) is 20.7. The third-order valence-corrected chi connectivity index (χ3v) is 5.75. The standard InChI is InChI=1S/C28H28N4O4/c1-17(2)27(34)31-20-10-6-5-9-19(20)26-28(35)32(23-12-8-7-11-21(23)30-26)16-25(33)29-22-15-18(3)13-14-24(22)36-4/h5-15,17H,16H2,1-4H3,(H,29,33)(H,31,34). The number of aromatic nitrogens is 2. The third kappa shape index (κ3) is 5.12. The zero-order chi connectivity index (χ0) is 25.8. The predicted molar refractivity (Wildman–Crippen MR) is 141 cm³/mol. The quantitative estimate of drug-likeness (QED) is 0.399. The second-order valence-electron chi connectivity index (χ2n) is 8.78. The number of hydrogen-bond donors (Lipinski definition) is 2. The van der Waals surface area contributed by atoms with Gasteiger partial charge in [-0.1, -0.05) is 50.2 Å². The molecule has 1 aromatic heterocycles. The summed E-state index contributed by atoms with van der Waals surface area (Å²) in [5.41, 5.74) is 3.24. The van der Waals surface area contributed by atoms with Crippen LogP contribution in [0.3, 0.4) is 0 Å². The molecule has 0 spiro atoms. The molecule has 4 rings (SSSR count). The van der Waals surface area contributed by atoms with E-state index in [2.05, 4.69) is 15.6 Å². The van der Waals surface area contributed by atoms with Crippen LogP contribution in [-0.2, 0) is 16.1 Å². The number of aryl methyl sites for hydroxylation is 1. The maximum absolute atomic E-state index is 13.7. The van der Waals surface area contributed by atoms with Crippen molar-refractivity contribution in [2.24, 2.45) is 5.92 Å². The monoisotopic (exact) mass is 484 g/mol. The summed E-state index contributed by atoms with van der Waals surface area (Å²) in [6.45, 7) is 5.27. The van der Waals surface area contributed by atoms with Gasteiger partial charge in [-0.2, -0.15) is 0 Å². The highest BCUT2D eigenvalue weighted by atomic mass is 16.5. The second kappa shape index (κ2) is 10.4. The maximum atomic E-state index is 13.7. The highest BCUT2D eigenvalue weighted by Gasteiger charge is 2.19. The zero-order valence-corrected chi connectivity index (χ0v) is 20.7. The Morgan fingerprint density at radius 2 is 1.69 bits per heavy atom. The van der Waals surface area contributed by atoms with Gasteiger partial charge in [-0.25, -0.2) is 4.98 Å². The molecule has 0 saturated heterocycles. The fraction of sp³-hybridized carbons (Fsp3) is 0.214. The summed E-state index contributed by atoms with van der Waals surface area (Å²) in [5, 5.41) is 5.73. The van der Waals surface area contributed by atoms with Crippen LogP contribution in [0.2, 0.25) is 0 Å². The second-order valence-corrected chi connectivity index (χ2v) is 8.78. The van der Waals surface area contributed by atoms with E-state index in [1.54, 1.807) is 62.4 Å². The number of rotatable bonds is 7. The number of methoxy groups -OCH3 is 1. The Morgan fingerprint density at radius 1 is 0.972 bits per heavy atom. The van der Waals surface area contributed by atoms with E-state index in [9.17, 15) is 14.4 Å². The van der Waals surface area contributed by atoms with E-state index in [1.807, 2.05) is 25.1 Å². The van der Waals surface area contributed by atoms with Crippen molar-refractivity contribution in [3.63, 3.8) is 0 Å². The summed E-state index contributed by atoms with van der Waals surface area (Å²) in [7, 11) is 1.53. The van der Waals surface area contributed by atoms with Gasteiger partial charge in [0.15, 0.2) is 0 Å². The number of nitrogens with one attached hydrogen (secondary N) is 2. The molecular weight excluding hydrogens is 456 g/mol. The van der Waals surface area contributed by atoms with Gasteiger partial charge in [-0.05, 0) is 42.8 Å². The summed E-state index contributed by atoms with van der Waals surface area (Å²) >= 11 is 0. The average Bonchev–Trinajstić information content (AvgIpc) is 2.86. The molecule has 2 N–H and O–H groups in total. The lowest BCUT2D eigenvalue weighted by atomic mass is 10.1. The molecule has 0 fully saturated rings. The van der Waals surface area contributed by atoms with Gasteiger partial charge >= 0.3 is 0 Å². The lowest BCUT2D eigenvalue weighted by Crippen LogP contribution is -2.30. The molecule has 0 aliphatic carbocycles. The van der Waals surface area contributed by atoms with E-state index < -0.39 is 5.56 Å². The summed E-state index contributed by atoms with van der Waals surface area (Å²) in [4.78, 5) is 43.8. The van der Waals surface area contributed by atoms with Crippen molar-refractivity contribution < 1.29 is 14.3 Å². The molecule has 0 saturated carbocycles. The van der Waals surface area contributed by atoms with Gasteiger partial charge in [-0.15, -0.1) is 0 Å². The number of carbonyl (C=O) groups is 2. The number of para-hydroxylation sites is 3. The third-order valence-electron chi connectivity index (χ3n) is 5.75. The van der Waals surface area contributed by atoms with Gasteiger partial charge in [0.2, 0.25) is 11.8 Å². The lowest BCUT2D eigenvalue weighted by molar-refractivity contribution is -0.119. The van der Waals surface area contributed by atoms with Gasteiger partial charge in [0, 0.05) is 11.5 Å². The van der Waals surface area contributed by atoms with Crippen molar-refractivity contribution in [3.8, 4) is 17.0 Å². The van der Waals surface area contributed by atoms with Gasteiger partial charge in [0.25, 0.3) is 5.56 Å². The molecule has 0 aliphatic rings. The predicted octanol–water partition coefficient (Wildman–Crippen LogP) is 4.61. The van der Waals surface area contributed by atoms with Crippen LogP contribution in [0, 0.1) is 12.8 Å². The molecule has 0 unspecified atom stereocenters. The van der Waals surface area contributed by atoms with Crippen LogP contribution in [0.5, 0.6) is 5.75 Å². The van der Waals surface area contributed by atoms with E-state index in [1.165, 1.54) is 11.7 Å². The Labute approximate surface area is 208 Å². The molecule has 8 nitrogen and oxygen atoms in total. The molecule has 3 aromatic carbocycles. The maximum Gasteiger partial charge on any atom is 0.278 e. The van der Waals surface area contributed by atoms with Gasteiger partial charge in [0.05, 0.1) is 29.5 Å². The molecule has 1 heterocycles. The van der Waals surface area contributed by atoms with E-state index in [0.29, 0.717) is 33.7 Å². The molecule has 8 heteroatoms. The lowest BCUT2D eigenvalue weighted by Gasteiger charge is -2.16. The Morgan fingerprint density at radius 3 is 2.44 bits per heavy atom. The number of nitrogens with zero attached hydrogens (tertiary/aromatic N) is 2. The number of benzene rings is 3. The van der Waals surface area contributed by atoms with Gasteiger partial charge in [0.1, 0.15) is 18.0 Å². The first-order chi connectivity index (χ1) is 17.3. The van der Waals surface area contributed by atoms with E-state index >= 15 is 0 Å². The van der Waals surface area contributed by atoms with E-state index in [4.69, 9.17) is 4.74 Å². The van der Waals surface area contributed by atoms with Crippen LogP contribution < -0.4 is 20.9 Å². The Hall–Kier alpha value is -4.46. The number of fused-ring (bicyclic) bond motifs is 1. The van der Waals surface area contributed by atoms with Crippen molar-refractivity contribution in [2.75, 3.05) is 17.7 Å². The number of ether oxygens (including phenoxy) is 1. The molecule has 36 heavy (non-hydrogen) atoms. The summed E-state index contributed by atoms with van der Waals surface area (Å²) in [5.74, 6) is -0.266. The summed E-state index contributed by atoms with van der Waals surface area (Å²) in [6, 6.07) is 19.6. The number of hydrogen-bond acceptors (Lipinski definition) is 5. The summed E-state index contributed by atoms with van der Waals surface area (Å²) < 4.78 is 6.76. The van der Waals surface area contributed by atoms with E-state index in [0.717, 1.165) is 5.56 Å². The van der Waals surface area contributed by atoms with E-state index in [-0.39, 0.29) is 30.0 Å². The molecule has 4 aromatic rings. The number of amides is 2. The normalized spacial score (nSPS) is 10.9. The molecule has 2 amide bonds. The Balaban J connectivity index is 1.78. The highest BCUT2D eigenvalue weighted by molar-refractivity contribution is 5.97. The molecule has 0 radical (unpaired) electrons. The van der Waals surface area contributed by atoms with Crippen LogP contribution in [-0.4, -0.2) is 28.5 Å². The van der Waals surface area contributed by atoms with Crippen LogP contribution >= 0.6 is 0 Å². The van der Waals surface area contributed by atoms with Crippen molar-refractivity contribution in [2.45, 2.75) is 27.3 Å². The molecule has 0 aliphatic heterocycles. The SMILES string of the molecule is COc1ccc(C)cc1NC(=O)Cn1c(=O)c(-c2ccccc2NC(=O)C(C)C)nc2ccccc21. The van der Waals surface area contributed by atoms with Crippen LogP contribution in [0.15, 0.2) is 71.5 Å². The smallest absolute Gasteiger partial charge is 0.278 e. The minimum atomic E-state index is -0.439. The fourth-order valence-electron chi connectivity index (χ4n) is 3.85. The van der Waals surface area contributed by atoms with Crippen LogP contribution in [0.4, 0.5) is 11.4 Å². The first-order valence-corrected chi connectivity index (χ1v) is 11.6. The topological polar surface area (TPSA) is 102 Å². The molecule has 184 valence electrons. The average molecular weight is 485 g/mol. The minimum absolute atomic E-state index is 0.147. The number of carbonyl (C=O) groups excluding carboxylic acids is 2. The molecular formula is C28H28N4O4. The minimum Gasteiger partial charge on any atom is -0.495 e. The van der Waals surface area contributed by atoms with Crippen molar-refractivity contribution in [1.29, 1.82) is 0 Å². The Kier molecular flexibility index (Phi) is 7.15. The van der Waals surface area contributed by atoms with Gasteiger partial charge in [-0.3, -0.25) is 19.0 Å². The largest absolute Gasteiger partial charge is 0.495 e. The first-order valence-electron chi connectivity index (χ1n) is 11.6.